The van der Waals surface area contributed by atoms with E-state index in [1.54, 1.807) is 0 Å². The van der Waals surface area contributed by atoms with Gasteiger partial charge >= 0.3 is 0 Å². The molecule has 130 heavy (non-hydrogen) atoms. The Labute approximate surface area is 812 Å². The van der Waals surface area contributed by atoms with Crippen molar-refractivity contribution in [2.24, 2.45) is 58.2 Å². The van der Waals surface area contributed by atoms with Gasteiger partial charge in [-0.1, -0.05) is 40.5 Å². The van der Waals surface area contributed by atoms with Gasteiger partial charge in [-0.2, -0.15) is 0 Å². The molecule has 26 rings (SSSR count). The largest absolute Gasteiger partial charge is 0.306 e. The molecule has 0 saturated carbocycles. The van der Waals surface area contributed by atoms with E-state index in [1.165, 1.54) is 388 Å². The Morgan fingerprint density at radius 1 is 0.169 bits per heavy atom. The van der Waals surface area contributed by atoms with Gasteiger partial charge in [0.15, 0.2) is 0 Å². The summed E-state index contributed by atoms with van der Waals surface area (Å²) in [5.41, 5.74) is 7.33. The van der Waals surface area contributed by atoms with Gasteiger partial charge in [-0.05, 0) is 616 Å². The first kappa shape index (κ1) is 113. The Hall–Kier alpha value is -0.560. The van der Waals surface area contributed by atoms with Crippen LogP contribution in [0.3, 0.4) is 0 Å². The summed E-state index contributed by atoms with van der Waals surface area (Å²) >= 11 is 0. The maximum atomic E-state index is 2.68. The molecule has 16 bridgehead atoms. The predicted molar refractivity (Wildman–Crippen MR) is 569 cm³/mol. The fourth-order valence-electron chi connectivity index (χ4n) is 28.6. The maximum absolute atomic E-state index is 2.68. The van der Waals surface area contributed by atoms with Gasteiger partial charge in [-0.15, -0.1) is 0 Å². The number of piperidine rings is 16. The van der Waals surface area contributed by atoms with Crippen LogP contribution in [0.5, 0.6) is 0 Å². The van der Waals surface area contributed by atoms with Crippen LogP contribution in [0.25, 0.3) is 0 Å². The second-order valence-electron chi connectivity index (χ2n) is 56.6. The lowest BCUT2D eigenvalue weighted by Gasteiger charge is -2.51. The van der Waals surface area contributed by atoms with E-state index >= 15 is 0 Å². The third-order valence-corrected chi connectivity index (χ3v) is 40.2. The first-order valence-electron chi connectivity index (χ1n) is 56.5. The molecular weight excluding hydrogens is 1590 g/mol. The van der Waals surface area contributed by atoms with Crippen LogP contribution in [0.4, 0.5) is 0 Å². The minimum Gasteiger partial charge on any atom is -0.306 e. The zero-order valence-corrected chi connectivity index (χ0v) is 94.3. The molecule has 0 N–H and O–H groups in total. The summed E-state index contributed by atoms with van der Waals surface area (Å²) < 4.78 is 0. The van der Waals surface area contributed by atoms with Crippen LogP contribution in [-0.2, 0) is 0 Å². The second kappa shape index (κ2) is 47.6. The molecule has 4 unspecified atom stereocenters. The summed E-state index contributed by atoms with van der Waals surface area (Å²) in [6.07, 6.45) is 51.3. The fourth-order valence-corrected chi connectivity index (χ4v) is 28.6. The van der Waals surface area contributed by atoms with E-state index in [4.69, 9.17) is 0 Å². The summed E-state index contributed by atoms with van der Waals surface area (Å²) in [6.45, 7) is 98.2. The molecule has 26 saturated heterocycles. The molecule has 0 aromatic rings. The molecular formula is C116H230N14. The highest BCUT2D eigenvalue weighted by molar-refractivity contribution is 5.04. The Morgan fingerprint density at radius 2 is 0.392 bits per heavy atom. The Balaban J connectivity index is 0.000000158. The van der Waals surface area contributed by atoms with Gasteiger partial charge < -0.3 is 29.4 Å². The molecule has 26 aliphatic rings. The van der Waals surface area contributed by atoms with E-state index in [0.29, 0.717) is 77.3 Å². The number of fused-ring (bicyclic) bond motifs is 22. The number of rotatable bonds is 0. The third kappa shape index (κ3) is 33.3. The predicted octanol–water partition coefficient (Wildman–Crippen LogP) is 24.5. The summed E-state index contributed by atoms with van der Waals surface area (Å²) in [6, 6.07) is 0. The molecule has 0 radical (unpaired) electrons. The molecule has 0 aromatic carbocycles. The highest BCUT2D eigenvalue weighted by Gasteiger charge is 2.49. The van der Waals surface area contributed by atoms with Crippen molar-refractivity contribution < 1.29 is 0 Å². The lowest BCUT2D eigenvalue weighted by atomic mass is 9.77. The smallest absolute Gasteiger partial charge is 0.0182 e. The molecule has 14 heteroatoms. The Bertz CT molecular complexity index is 2960. The molecule has 0 spiro atoms. The van der Waals surface area contributed by atoms with Gasteiger partial charge in [0.2, 0.25) is 0 Å². The van der Waals surface area contributed by atoms with Crippen molar-refractivity contribution in [2.45, 2.75) is 491 Å². The van der Waals surface area contributed by atoms with Crippen LogP contribution in [-0.4, -0.2) is 334 Å². The number of hydrogen-bond donors (Lipinski definition) is 0. The van der Waals surface area contributed by atoms with E-state index in [2.05, 4.69) is 305 Å². The van der Waals surface area contributed by atoms with Crippen LogP contribution in [0, 0.1) is 58.2 Å². The zero-order valence-electron chi connectivity index (χ0n) is 94.3. The van der Waals surface area contributed by atoms with Crippen molar-refractivity contribution in [3.63, 3.8) is 0 Å². The van der Waals surface area contributed by atoms with Gasteiger partial charge in [-0.25, -0.2) is 0 Å². The lowest BCUT2D eigenvalue weighted by Crippen LogP contribution is -2.54. The summed E-state index contributed by atoms with van der Waals surface area (Å²) in [4.78, 5) is 35.7. The van der Waals surface area contributed by atoms with Gasteiger partial charge in [0.25, 0.3) is 0 Å². The first-order chi connectivity index (χ1) is 60.2. The maximum Gasteiger partial charge on any atom is 0.0182 e. The standard InChI is InChI=1S/2C10H19N.2C9H17N.4C8H15N.4C8H17N.2C7H15N/c2*1-10(2)6-3-9-4-7-11(10)8-5-9;2*1-9(2)7-8-3-5-10(9)6-4-8;2*1-8(2)7-3-5-9(8)6-4-7;2*1-8(2)5-7-3-4-9(8)6-7;2*1-8(2)5-4-6-9(3)7-8;2*1-8(2)6-4-5-7-9(8)3;2*1-7(2)5-4-6-8(7)3/h2*9H,3-8H2,1-2H3;2*8H,3-7H2,1-2H3;4*7H,3-6H2,1-2H3;4*4-7H2,1-3H3;2*4-6H2,1-3H3. The van der Waals surface area contributed by atoms with Gasteiger partial charge in [0.05, 0.1) is 0 Å². The molecule has 0 aromatic heterocycles. The SMILES string of the molecule is CC1(C)C2CCN1CC2.CC1(C)C2CCN1CC2.CC1(C)CC2CCN1C2.CC1(C)CC2CCN1C2.CC1(C)CC2CCN1CC2.CC1(C)CC2CCN1CC2.CC1(C)CCC2CCN1CC2.CC1(C)CCC2CCN1CC2.CN1CCCC(C)(C)C1.CN1CCCC(C)(C)C1.CN1CCCC1(C)C.CN1CCCC1(C)C.CN1CCCCC1(C)C.CN1CCCCC1(C)C. The highest BCUT2D eigenvalue weighted by atomic mass is 15.3. The molecule has 26 heterocycles. The van der Waals surface area contributed by atoms with Crippen LogP contribution >= 0.6 is 0 Å². The van der Waals surface area contributed by atoms with Gasteiger partial charge in [-0.3, -0.25) is 39.2 Å². The minimum atomic E-state index is 0.470. The van der Waals surface area contributed by atoms with Crippen LogP contribution in [0.15, 0.2) is 0 Å². The molecule has 26 aliphatic heterocycles. The van der Waals surface area contributed by atoms with Crippen LogP contribution < -0.4 is 0 Å². The topological polar surface area (TPSA) is 45.4 Å². The molecule has 0 aliphatic carbocycles. The molecule has 26 fully saturated rings. The zero-order chi connectivity index (χ0) is 96.1. The fraction of sp³-hybridized carbons (Fsp3) is 1.00. The quantitative estimate of drug-likeness (QED) is 0.231. The van der Waals surface area contributed by atoms with E-state index in [-0.39, 0.29) is 0 Å². The summed E-state index contributed by atoms with van der Waals surface area (Å²) in [5.74, 6) is 8.34. The van der Waals surface area contributed by atoms with Crippen molar-refractivity contribution >= 4 is 0 Å². The number of nitrogens with zero attached hydrogens (tertiary/aromatic N) is 14. The molecule has 14 nitrogen and oxygen atoms in total. The number of hydrogen-bond acceptors (Lipinski definition) is 14. The second-order valence-corrected chi connectivity index (χ2v) is 56.6. The van der Waals surface area contributed by atoms with Crippen molar-refractivity contribution in [3.8, 4) is 0 Å². The van der Waals surface area contributed by atoms with Crippen molar-refractivity contribution in [3.05, 3.63) is 0 Å². The van der Waals surface area contributed by atoms with Gasteiger partial charge in [0, 0.05) is 92.6 Å². The van der Waals surface area contributed by atoms with E-state index in [0.717, 1.165) is 47.3 Å². The average Bonchev–Trinajstić information content (AvgIpc) is 1.58. The summed E-state index contributed by atoms with van der Waals surface area (Å²) in [5, 5.41) is 0. The van der Waals surface area contributed by atoms with E-state index < -0.39 is 0 Å². The van der Waals surface area contributed by atoms with Crippen molar-refractivity contribution in [2.75, 3.05) is 199 Å². The average molecular weight is 1820 g/mol. The van der Waals surface area contributed by atoms with E-state index in [9.17, 15) is 0 Å². The summed E-state index contributed by atoms with van der Waals surface area (Å²) in [7, 11) is 13.3. The normalized spacial score (nSPS) is 38.0. The van der Waals surface area contributed by atoms with Crippen molar-refractivity contribution in [1.29, 1.82) is 0 Å². The Kier molecular flexibility index (Phi) is 41.4. The number of likely N-dealkylation sites (tertiary alicyclic amines) is 6. The minimum absolute atomic E-state index is 0.470. The molecule has 764 valence electrons. The highest BCUT2D eigenvalue weighted by Crippen LogP contribution is 2.47. The monoisotopic (exact) mass is 1820 g/mol. The van der Waals surface area contributed by atoms with Crippen molar-refractivity contribution in [1.82, 2.24) is 68.6 Å². The van der Waals surface area contributed by atoms with Gasteiger partial charge in [0.1, 0.15) is 0 Å². The lowest BCUT2D eigenvalue weighted by molar-refractivity contribution is -0.00596. The van der Waals surface area contributed by atoms with Crippen LogP contribution in [0.1, 0.15) is 425 Å². The Morgan fingerprint density at radius 3 is 0.538 bits per heavy atom. The third-order valence-electron chi connectivity index (χ3n) is 40.2. The van der Waals surface area contributed by atoms with E-state index in [1.807, 2.05) is 0 Å². The first-order valence-corrected chi connectivity index (χ1v) is 56.5. The molecule has 4 atom stereocenters. The molecule has 0 amide bonds. The van der Waals surface area contributed by atoms with Crippen LogP contribution in [0.2, 0.25) is 0 Å².